The van der Waals surface area contributed by atoms with Crippen LogP contribution in [-0.4, -0.2) is 37.9 Å². The van der Waals surface area contributed by atoms with Gasteiger partial charge in [0.05, 0.1) is 17.2 Å². The molecule has 9 heteroatoms. The maximum Gasteiger partial charge on any atom is 0.270 e. The molecule has 0 saturated heterocycles. The van der Waals surface area contributed by atoms with E-state index in [1.807, 2.05) is 37.3 Å². The van der Waals surface area contributed by atoms with E-state index >= 15 is 0 Å². The summed E-state index contributed by atoms with van der Waals surface area (Å²) < 4.78 is 7.15. The van der Waals surface area contributed by atoms with Gasteiger partial charge in [0.1, 0.15) is 5.75 Å². The number of hydrogen-bond donors (Lipinski definition) is 0. The summed E-state index contributed by atoms with van der Waals surface area (Å²) in [5, 5.41) is 24.8. The van der Waals surface area contributed by atoms with Crippen LogP contribution in [0.4, 0.5) is 5.69 Å². The van der Waals surface area contributed by atoms with Gasteiger partial charge in [0, 0.05) is 29.0 Å². The number of nitrogens with zero attached hydrogens (tertiary/aromatic N) is 5. The maximum atomic E-state index is 11.0. The highest BCUT2D eigenvalue weighted by molar-refractivity contribution is 7.99. The monoisotopic (exact) mass is 381 g/mol. The third kappa shape index (κ3) is 3.41. The molecule has 0 aliphatic carbocycles. The first-order valence-electron chi connectivity index (χ1n) is 8.30. The number of benzene rings is 2. The van der Waals surface area contributed by atoms with Gasteiger partial charge in [0.2, 0.25) is 5.16 Å². The molecule has 2 heterocycles. The Labute approximate surface area is 159 Å². The smallest absolute Gasteiger partial charge is 0.270 e. The van der Waals surface area contributed by atoms with Gasteiger partial charge in [-0.05, 0) is 31.2 Å². The maximum absolute atomic E-state index is 11.0. The molecule has 0 radical (unpaired) electrons. The number of hydrogen-bond acceptors (Lipinski definition) is 7. The Balaban J connectivity index is 1.71. The van der Waals surface area contributed by atoms with Crippen LogP contribution in [0.3, 0.4) is 0 Å². The van der Waals surface area contributed by atoms with Crippen molar-refractivity contribution in [2.45, 2.75) is 12.1 Å². The molecule has 0 fully saturated rings. The lowest BCUT2D eigenvalue weighted by Crippen LogP contribution is -2.14. The summed E-state index contributed by atoms with van der Waals surface area (Å²) in [7, 11) is 0. The van der Waals surface area contributed by atoms with E-state index < -0.39 is 4.92 Å². The van der Waals surface area contributed by atoms with E-state index in [1.54, 1.807) is 10.7 Å². The Kier molecular flexibility index (Phi) is 4.59. The third-order valence-electron chi connectivity index (χ3n) is 3.98. The number of fused-ring (bicyclic) bond motifs is 1. The van der Waals surface area contributed by atoms with Gasteiger partial charge >= 0.3 is 0 Å². The molecule has 0 atom stereocenters. The lowest BCUT2D eigenvalue weighted by Gasteiger charge is -2.14. The number of nitro benzene ring substituents is 1. The molecular formula is C18H15N5O3S. The highest BCUT2D eigenvalue weighted by atomic mass is 32.2. The zero-order valence-corrected chi connectivity index (χ0v) is 15.2. The Bertz CT molecular complexity index is 1030. The number of ether oxygens (including phenoxy) is 1. The van der Waals surface area contributed by atoms with E-state index in [9.17, 15) is 10.1 Å². The van der Waals surface area contributed by atoms with Crippen LogP contribution in [0, 0.1) is 10.1 Å². The number of aromatic nitrogens is 3. The highest BCUT2D eigenvalue weighted by Crippen LogP contribution is 2.29. The molecule has 0 bridgehead atoms. The summed E-state index contributed by atoms with van der Waals surface area (Å²) in [5.74, 6) is 1.97. The summed E-state index contributed by atoms with van der Waals surface area (Å²) in [6.07, 6.45) is 0. The minimum Gasteiger partial charge on any atom is -0.494 e. The van der Waals surface area contributed by atoms with E-state index in [2.05, 4.69) is 15.3 Å². The van der Waals surface area contributed by atoms with Crippen LogP contribution < -0.4 is 4.74 Å². The van der Waals surface area contributed by atoms with E-state index in [1.165, 1.54) is 23.9 Å². The average molecular weight is 381 g/mol. The Morgan fingerprint density at radius 1 is 1.19 bits per heavy atom. The molecule has 4 rings (SSSR count). The predicted octanol–water partition coefficient (Wildman–Crippen LogP) is 3.61. The van der Waals surface area contributed by atoms with Crippen molar-refractivity contribution in [3.05, 3.63) is 64.2 Å². The second-order valence-corrected chi connectivity index (χ2v) is 6.66. The van der Waals surface area contributed by atoms with E-state index in [0.717, 1.165) is 17.0 Å². The topological polar surface area (TPSA) is 95.4 Å². The van der Waals surface area contributed by atoms with Crippen molar-refractivity contribution in [2.24, 2.45) is 5.10 Å². The summed E-state index contributed by atoms with van der Waals surface area (Å²) in [5.41, 5.74) is 2.36. The number of nitro groups is 1. The van der Waals surface area contributed by atoms with E-state index in [4.69, 9.17) is 4.74 Å². The lowest BCUT2D eigenvalue weighted by molar-refractivity contribution is -0.384. The first kappa shape index (κ1) is 17.2. The van der Waals surface area contributed by atoms with E-state index in [0.29, 0.717) is 28.9 Å². The predicted molar refractivity (Wildman–Crippen MR) is 102 cm³/mol. The first-order valence-corrected chi connectivity index (χ1v) is 9.28. The van der Waals surface area contributed by atoms with Crippen molar-refractivity contribution < 1.29 is 9.66 Å². The van der Waals surface area contributed by atoms with Gasteiger partial charge in [-0.25, -0.2) is 0 Å². The van der Waals surface area contributed by atoms with Crippen LogP contribution in [0.15, 0.2) is 58.8 Å². The van der Waals surface area contributed by atoms with Crippen molar-refractivity contribution in [1.82, 2.24) is 14.9 Å². The molecule has 2 aromatic carbocycles. The molecule has 8 nitrogen and oxygen atoms in total. The quantitative estimate of drug-likeness (QED) is 0.495. The van der Waals surface area contributed by atoms with Crippen LogP contribution >= 0.6 is 11.8 Å². The zero-order chi connectivity index (χ0) is 18.8. The van der Waals surface area contributed by atoms with Gasteiger partial charge in [-0.3, -0.25) is 10.1 Å². The first-order chi connectivity index (χ1) is 13.2. The number of non-ortho nitro benzene ring substituents is 1. The zero-order valence-electron chi connectivity index (χ0n) is 14.4. The van der Waals surface area contributed by atoms with Gasteiger partial charge in [0.15, 0.2) is 5.82 Å². The Morgan fingerprint density at radius 2 is 2.00 bits per heavy atom. The summed E-state index contributed by atoms with van der Waals surface area (Å²) in [6, 6.07) is 14.0. The van der Waals surface area contributed by atoms with Crippen molar-refractivity contribution in [3.8, 4) is 17.1 Å². The summed E-state index contributed by atoms with van der Waals surface area (Å²) in [6.45, 7) is 2.54. The molecule has 1 aliphatic heterocycles. The van der Waals surface area contributed by atoms with Gasteiger partial charge in [-0.15, -0.1) is 10.2 Å². The molecule has 0 spiro atoms. The van der Waals surface area contributed by atoms with Crippen LogP contribution in [0.1, 0.15) is 12.5 Å². The molecule has 136 valence electrons. The molecule has 1 aromatic heterocycles. The Morgan fingerprint density at radius 3 is 2.74 bits per heavy atom. The molecule has 0 unspecified atom stereocenters. The normalized spacial score (nSPS) is 13.0. The van der Waals surface area contributed by atoms with Crippen molar-refractivity contribution in [2.75, 3.05) is 12.4 Å². The molecule has 27 heavy (non-hydrogen) atoms. The second kappa shape index (κ2) is 7.20. The van der Waals surface area contributed by atoms with Crippen molar-refractivity contribution in [1.29, 1.82) is 0 Å². The summed E-state index contributed by atoms with van der Waals surface area (Å²) in [4.78, 5) is 10.6. The average Bonchev–Trinajstić information content (AvgIpc) is 3.12. The van der Waals surface area contributed by atoms with E-state index in [-0.39, 0.29) is 5.69 Å². The fourth-order valence-electron chi connectivity index (χ4n) is 2.72. The van der Waals surface area contributed by atoms with Crippen LogP contribution in [-0.2, 0) is 0 Å². The van der Waals surface area contributed by atoms with Gasteiger partial charge in [-0.2, -0.15) is 9.78 Å². The lowest BCUT2D eigenvalue weighted by atomic mass is 10.1. The SMILES string of the molecule is CCOc1ccc(-c2nnc3n2N=C(c2cccc([N+](=O)[O-])c2)CS3)cc1. The van der Waals surface area contributed by atoms with Gasteiger partial charge < -0.3 is 4.74 Å². The minimum atomic E-state index is -0.407. The second-order valence-electron chi connectivity index (χ2n) is 5.72. The van der Waals surface area contributed by atoms with Crippen LogP contribution in [0.5, 0.6) is 5.75 Å². The van der Waals surface area contributed by atoms with Crippen LogP contribution in [0.2, 0.25) is 0 Å². The van der Waals surface area contributed by atoms with Crippen molar-refractivity contribution in [3.63, 3.8) is 0 Å². The number of thioether (sulfide) groups is 1. The summed E-state index contributed by atoms with van der Waals surface area (Å²) >= 11 is 1.50. The fraction of sp³-hybridized carbons (Fsp3) is 0.167. The Hall–Kier alpha value is -3.20. The third-order valence-corrected chi connectivity index (χ3v) is 4.92. The fourth-order valence-corrected chi connectivity index (χ4v) is 3.55. The van der Waals surface area contributed by atoms with Gasteiger partial charge in [0.25, 0.3) is 5.69 Å². The largest absolute Gasteiger partial charge is 0.494 e. The number of rotatable bonds is 5. The minimum absolute atomic E-state index is 0.0430. The molecule has 0 N–H and O–H groups in total. The molecule has 1 aliphatic rings. The highest BCUT2D eigenvalue weighted by Gasteiger charge is 2.21. The van der Waals surface area contributed by atoms with Gasteiger partial charge in [-0.1, -0.05) is 23.9 Å². The molecule has 0 saturated carbocycles. The van der Waals surface area contributed by atoms with Crippen LogP contribution in [0.25, 0.3) is 11.4 Å². The van der Waals surface area contributed by atoms with Crippen molar-refractivity contribution >= 4 is 23.2 Å². The molecular weight excluding hydrogens is 366 g/mol. The molecule has 3 aromatic rings. The molecule has 0 amide bonds. The standard InChI is InChI=1S/C18H15N5O3S/c1-2-26-15-8-6-12(7-9-15)17-19-20-18-22(17)21-16(11-27-18)13-4-3-5-14(10-13)23(24)25/h3-10H,2,11H2,1H3.